The van der Waals surface area contributed by atoms with Crippen molar-refractivity contribution in [3.63, 3.8) is 0 Å². The number of piperidine rings is 1. The number of para-hydroxylation sites is 1. The van der Waals surface area contributed by atoms with Crippen LogP contribution in [0.4, 0.5) is 26.8 Å². The minimum absolute atomic E-state index is 0.116. The Bertz CT molecular complexity index is 1880. The number of nitrogens with zero attached hydrogens (tertiary/aromatic N) is 3. The molecule has 248 valence electrons. The number of benzene rings is 3. The molecule has 1 aliphatic heterocycles. The lowest BCUT2D eigenvalue weighted by Crippen LogP contribution is -2.41. The number of carbonyl (C=O) groups is 2. The number of hydrogen-bond donors (Lipinski definition) is 3. The molecule has 9 nitrogen and oxygen atoms in total. The van der Waals surface area contributed by atoms with Gasteiger partial charge in [0.1, 0.15) is 17.3 Å². The van der Waals surface area contributed by atoms with Gasteiger partial charge in [0.25, 0.3) is 0 Å². The number of likely N-dealkylation sites (tertiary alicyclic amines) is 1. The summed E-state index contributed by atoms with van der Waals surface area (Å²) in [5.74, 6) is 2.40. The highest BCUT2D eigenvalue weighted by Crippen LogP contribution is 2.31. The van der Waals surface area contributed by atoms with E-state index in [-0.39, 0.29) is 17.5 Å². The second-order valence-corrected chi connectivity index (χ2v) is 13.7. The second-order valence-electron chi connectivity index (χ2n) is 13.7. The first-order valence-corrected chi connectivity index (χ1v) is 16.6. The fraction of sp³-hybridized carbons (Fsp3) is 0.308. The lowest BCUT2D eigenvalue weighted by atomic mass is 9.89. The van der Waals surface area contributed by atoms with Crippen LogP contribution < -0.4 is 16.0 Å². The zero-order chi connectivity index (χ0) is 33.8. The van der Waals surface area contributed by atoms with Gasteiger partial charge in [-0.25, -0.2) is 14.3 Å². The number of aryl methyl sites for hydroxylation is 2. The van der Waals surface area contributed by atoms with Crippen molar-refractivity contribution >= 4 is 29.3 Å². The highest BCUT2D eigenvalue weighted by atomic mass is 16.3. The SMILES string of the molecule is Cc1ccc(-n2nc(C(C)(C)C)cc2NC(=O)Nc2ccccc2CC2CCN(C(=O)Nc3cc(-c4ccccc4)oc3C)CC2)cc1. The maximum atomic E-state index is 13.4. The molecule has 5 aromatic rings. The van der Waals surface area contributed by atoms with E-state index in [0.717, 1.165) is 58.8 Å². The van der Waals surface area contributed by atoms with Crippen molar-refractivity contribution in [2.75, 3.05) is 29.0 Å². The molecule has 0 aliphatic carbocycles. The normalized spacial score (nSPS) is 13.7. The molecule has 1 fully saturated rings. The number of nitrogens with one attached hydrogen (secondary N) is 3. The Balaban J connectivity index is 1.06. The molecule has 3 N–H and O–H groups in total. The third-order valence-electron chi connectivity index (χ3n) is 8.89. The van der Waals surface area contributed by atoms with Gasteiger partial charge in [-0.3, -0.25) is 5.32 Å². The lowest BCUT2D eigenvalue weighted by Gasteiger charge is -2.32. The summed E-state index contributed by atoms with van der Waals surface area (Å²) in [6.07, 6.45) is 2.56. The average Bonchev–Trinajstić information content (AvgIpc) is 3.66. The fourth-order valence-corrected chi connectivity index (χ4v) is 6.01. The Morgan fingerprint density at radius 1 is 0.833 bits per heavy atom. The molecule has 1 aliphatic rings. The van der Waals surface area contributed by atoms with Gasteiger partial charge in [0, 0.05) is 41.9 Å². The van der Waals surface area contributed by atoms with E-state index in [0.29, 0.717) is 36.3 Å². The van der Waals surface area contributed by atoms with Gasteiger partial charge in [-0.2, -0.15) is 5.10 Å². The number of rotatable bonds is 7. The van der Waals surface area contributed by atoms with Crippen LogP contribution in [0.3, 0.4) is 0 Å². The predicted molar refractivity (Wildman–Crippen MR) is 192 cm³/mol. The first-order valence-electron chi connectivity index (χ1n) is 16.6. The number of furan rings is 1. The highest BCUT2D eigenvalue weighted by molar-refractivity contribution is 6.00. The Hall–Kier alpha value is -5.31. The van der Waals surface area contributed by atoms with Crippen LogP contribution in [0.2, 0.25) is 0 Å². The third-order valence-corrected chi connectivity index (χ3v) is 8.89. The maximum absolute atomic E-state index is 13.4. The van der Waals surface area contributed by atoms with Crippen molar-refractivity contribution in [3.8, 4) is 17.0 Å². The van der Waals surface area contributed by atoms with Crippen LogP contribution in [0.5, 0.6) is 0 Å². The Morgan fingerprint density at radius 3 is 2.23 bits per heavy atom. The van der Waals surface area contributed by atoms with Gasteiger partial charge in [0.05, 0.1) is 17.1 Å². The molecule has 0 unspecified atom stereocenters. The van der Waals surface area contributed by atoms with Gasteiger partial charge in [0.2, 0.25) is 0 Å². The van der Waals surface area contributed by atoms with E-state index in [1.54, 1.807) is 4.68 Å². The maximum Gasteiger partial charge on any atom is 0.324 e. The number of carbonyl (C=O) groups excluding carboxylic acids is 2. The van der Waals surface area contributed by atoms with E-state index in [9.17, 15) is 9.59 Å². The van der Waals surface area contributed by atoms with Gasteiger partial charge in [-0.1, -0.05) is 87.0 Å². The summed E-state index contributed by atoms with van der Waals surface area (Å²) in [5.41, 5.74) is 6.24. The minimum Gasteiger partial charge on any atom is -0.459 e. The van der Waals surface area contributed by atoms with Crippen LogP contribution >= 0.6 is 0 Å². The molecule has 6 rings (SSSR count). The molecule has 9 heteroatoms. The summed E-state index contributed by atoms with van der Waals surface area (Å²) in [6, 6.07) is 29.2. The molecule has 0 bridgehead atoms. The van der Waals surface area contributed by atoms with E-state index < -0.39 is 0 Å². The summed E-state index contributed by atoms with van der Waals surface area (Å²) in [7, 11) is 0. The fourth-order valence-electron chi connectivity index (χ4n) is 6.01. The van der Waals surface area contributed by atoms with Crippen molar-refractivity contribution in [1.82, 2.24) is 14.7 Å². The molecule has 1 saturated heterocycles. The van der Waals surface area contributed by atoms with Gasteiger partial charge < -0.3 is 20.0 Å². The van der Waals surface area contributed by atoms with Crippen molar-refractivity contribution in [1.29, 1.82) is 0 Å². The summed E-state index contributed by atoms with van der Waals surface area (Å²) >= 11 is 0. The van der Waals surface area contributed by atoms with E-state index in [1.807, 2.05) is 104 Å². The largest absolute Gasteiger partial charge is 0.459 e. The Labute approximate surface area is 282 Å². The summed E-state index contributed by atoms with van der Waals surface area (Å²) in [4.78, 5) is 28.4. The molecule has 2 aromatic heterocycles. The van der Waals surface area contributed by atoms with E-state index in [4.69, 9.17) is 9.52 Å². The van der Waals surface area contributed by atoms with Crippen LogP contribution in [0.25, 0.3) is 17.0 Å². The average molecular weight is 645 g/mol. The zero-order valence-corrected chi connectivity index (χ0v) is 28.3. The Morgan fingerprint density at radius 2 is 1.52 bits per heavy atom. The first kappa shape index (κ1) is 32.6. The topological polar surface area (TPSA) is 104 Å². The molecular weight excluding hydrogens is 600 g/mol. The van der Waals surface area contributed by atoms with E-state index in [1.165, 1.54) is 0 Å². The van der Waals surface area contributed by atoms with Crippen LogP contribution in [-0.2, 0) is 11.8 Å². The van der Waals surface area contributed by atoms with Crippen LogP contribution in [-0.4, -0.2) is 39.8 Å². The first-order chi connectivity index (χ1) is 23.0. The number of hydrogen-bond acceptors (Lipinski definition) is 4. The summed E-state index contributed by atoms with van der Waals surface area (Å²) in [6.45, 7) is 11.5. The van der Waals surface area contributed by atoms with Gasteiger partial charge in [0.15, 0.2) is 0 Å². The molecule has 0 spiro atoms. The summed E-state index contributed by atoms with van der Waals surface area (Å²) < 4.78 is 7.70. The van der Waals surface area contributed by atoms with Gasteiger partial charge in [-0.15, -0.1) is 0 Å². The van der Waals surface area contributed by atoms with Crippen molar-refractivity contribution in [3.05, 3.63) is 114 Å². The van der Waals surface area contributed by atoms with Gasteiger partial charge in [-0.05, 0) is 62.8 Å². The number of aromatic nitrogens is 2. The summed E-state index contributed by atoms with van der Waals surface area (Å²) in [5, 5.41) is 14.0. The molecule has 3 heterocycles. The Kier molecular flexibility index (Phi) is 9.39. The lowest BCUT2D eigenvalue weighted by molar-refractivity contribution is 0.182. The van der Waals surface area contributed by atoms with Crippen molar-refractivity contribution < 1.29 is 14.0 Å². The third kappa shape index (κ3) is 7.62. The monoisotopic (exact) mass is 644 g/mol. The minimum atomic E-state index is -0.326. The number of urea groups is 2. The molecule has 3 aromatic carbocycles. The van der Waals surface area contributed by atoms with Crippen molar-refractivity contribution in [2.24, 2.45) is 5.92 Å². The van der Waals surface area contributed by atoms with E-state index in [2.05, 4.69) is 42.8 Å². The second kappa shape index (κ2) is 13.8. The molecule has 0 radical (unpaired) electrons. The smallest absolute Gasteiger partial charge is 0.324 e. The highest BCUT2D eigenvalue weighted by Gasteiger charge is 2.26. The standard InChI is InChI=1S/C39H44N6O3/c1-26-15-17-31(18-16-26)45-36(25-35(43-45)39(3,4)5)42-37(46)40-32-14-10-9-13-30(32)23-28-19-21-44(22-20-28)38(47)41-33-24-34(48-27(33)2)29-11-7-6-8-12-29/h6-18,24-25,28H,19-23H2,1-5H3,(H,41,47)(H2,40,42,46). The zero-order valence-electron chi connectivity index (χ0n) is 28.3. The van der Waals surface area contributed by atoms with E-state index >= 15 is 0 Å². The molecule has 0 atom stereocenters. The molecular formula is C39H44N6O3. The number of amides is 4. The van der Waals surface area contributed by atoms with Crippen LogP contribution in [0, 0.1) is 19.8 Å². The number of anilines is 3. The predicted octanol–water partition coefficient (Wildman–Crippen LogP) is 9.18. The van der Waals surface area contributed by atoms with Crippen LogP contribution in [0.1, 0.15) is 56.2 Å². The molecule has 0 saturated carbocycles. The van der Waals surface area contributed by atoms with Gasteiger partial charge >= 0.3 is 12.1 Å². The van der Waals surface area contributed by atoms with Crippen LogP contribution in [0.15, 0.2) is 95.4 Å². The molecule has 4 amide bonds. The molecule has 48 heavy (non-hydrogen) atoms. The quantitative estimate of drug-likeness (QED) is 0.164. The van der Waals surface area contributed by atoms with Crippen molar-refractivity contribution in [2.45, 2.75) is 59.3 Å².